The predicted molar refractivity (Wildman–Crippen MR) is 121 cm³/mol. The molecule has 0 spiro atoms. The lowest BCUT2D eigenvalue weighted by Gasteiger charge is -2.33. The minimum Gasteiger partial charge on any atom is -0.489 e. The number of hydrogen-bond acceptors (Lipinski definition) is 2. The van der Waals surface area contributed by atoms with Crippen LogP contribution in [0.3, 0.4) is 0 Å². The molecule has 4 aromatic carbocycles. The van der Waals surface area contributed by atoms with Gasteiger partial charge in [0.15, 0.2) is 0 Å². The molecule has 4 heteroatoms. The summed E-state index contributed by atoms with van der Waals surface area (Å²) in [7, 11) is 1.84. The van der Waals surface area contributed by atoms with Crippen LogP contribution in [-0.2, 0) is 11.4 Å². The van der Waals surface area contributed by atoms with E-state index < -0.39 is 0 Å². The van der Waals surface area contributed by atoms with Gasteiger partial charge in [-0.2, -0.15) is 0 Å². The number of rotatable bonds is 4. The zero-order chi connectivity index (χ0) is 21.4. The summed E-state index contributed by atoms with van der Waals surface area (Å²) in [6.45, 7) is 0.173. The maximum Gasteiger partial charge on any atom is 0.227 e. The molecule has 1 aliphatic heterocycles. The van der Waals surface area contributed by atoms with E-state index in [4.69, 9.17) is 4.74 Å². The Morgan fingerprint density at radius 1 is 0.935 bits per heavy atom. The number of carbonyl (C=O) groups excluding carboxylic acids is 1. The second-order valence-corrected chi connectivity index (χ2v) is 7.88. The molecule has 1 unspecified atom stereocenters. The first-order chi connectivity index (χ1) is 15.1. The van der Waals surface area contributed by atoms with Crippen LogP contribution in [0, 0.1) is 5.82 Å². The third-order valence-corrected chi connectivity index (χ3v) is 6.04. The molecule has 154 valence electrons. The number of ether oxygens (including phenoxy) is 1. The van der Waals surface area contributed by atoms with Crippen molar-refractivity contribution in [1.29, 1.82) is 0 Å². The Hall–Kier alpha value is -3.66. The predicted octanol–water partition coefficient (Wildman–Crippen LogP) is 6.06. The van der Waals surface area contributed by atoms with Crippen molar-refractivity contribution >= 4 is 22.4 Å². The number of anilines is 1. The first kappa shape index (κ1) is 19.3. The average Bonchev–Trinajstić information content (AvgIpc) is 2.81. The number of halogens is 1. The zero-order valence-corrected chi connectivity index (χ0v) is 17.2. The fourth-order valence-electron chi connectivity index (χ4n) is 4.35. The molecule has 0 fully saturated rings. The highest BCUT2D eigenvalue weighted by molar-refractivity contribution is 6.02. The smallest absolute Gasteiger partial charge is 0.227 e. The standard InChI is InChI=1S/C27H22FNO2/c1-29-25-15-12-18-6-2-4-8-22(18)27(25)23(16-26(29)30)19-10-13-21(14-11-19)31-17-20-7-3-5-9-24(20)28/h2-15,23H,16-17H2,1H3. The van der Waals surface area contributed by atoms with Crippen LogP contribution in [0.1, 0.15) is 29.0 Å². The Balaban J connectivity index is 1.47. The first-order valence-electron chi connectivity index (χ1n) is 10.4. The normalized spacial score (nSPS) is 15.7. The molecule has 0 saturated carbocycles. The van der Waals surface area contributed by atoms with Crippen LogP contribution in [0.25, 0.3) is 10.8 Å². The Labute approximate surface area is 180 Å². The van der Waals surface area contributed by atoms with Gasteiger partial charge in [0.25, 0.3) is 0 Å². The summed E-state index contributed by atoms with van der Waals surface area (Å²) in [6.07, 6.45) is 0.424. The molecule has 0 aromatic heterocycles. The molecule has 0 N–H and O–H groups in total. The molecule has 1 amide bonds. The largest absolute Gasteiger partial charge is 0.489 e. The van der Waals surface area contributed by atoms with Gasteiger partial charge in [-0.3, -0.25) is 4.79 Å². The summed E-state index contributed by atoms with van der Waals surface area (Å²) in [4.78, 5) is 14.5. The van der Waals surface area contributed by atoms with Gasteiger partial charge in [-0.1, -0.05) is 60.7 Å². The van der Waals surface area contributed by atoms with E-state index in [-0.39, 0.29) is 24.2 Å². The highest BCUT2D eigenvalue weighted by atomic mass is 19.1. The van der Waals surface area contributed by atoms with E-state index in [0.717, 1.165) is 11.3 Å². The van der Waals surface area contributed by atoms with Crippen molar-refractivity contribution in [3.8, 4) is 5.75 Å². The van der Waals surface area contributed by atoms with E-state index in [9.17, 15) is 9.18 Å². The van der Waals surface area contributed by atoms with Crippen LogP contribution in [0.15, 0.2) is 84.9 Å². The van der Waals surface area contributed by atoms with Gasteiger partial charge < -0.3 is 9.64 Å². The van der Waals surface area contributed by atoms with Crippen molar-refractivity contribution in [2.75, 3.05) is 11.9 Å². The molecule has 1 aliphatic rings. The Bertz CT molecular complexity index is 1270. The fourth-order valence-corrected chi connectivity index (χ4v) is 4.35. The van der Waals surface area contributed by atoms with E-state index >= 15 is 0 Å². The molecule has 0 aliphatic carbocycles. The number of benzene rings is 4. The highest BCUT2D eigenvalue weighted by Crippen LogP contribution is 2.43. The van der Waals surface area contributed by atoms with Crippen LogP contribution in [0.2, 0.25) is 0 Å². The van der Waals surface area contributed by atoms with Gasteiger partial charge in [0.2, 0.25) is 5.91 Å². The van der Waals surface area contributed by atoms with E-state index in [1.807, 2.05) is 49.5 Å². The molecule has 1 heterocycles. The molecule has 3 nitrogen and oxygen atoms in total. The summed E-state index contributed by atoms with van der Waals surface area (Å²) >= 11 is 0. The maximum absolute atomic E-state index is 13.8. The summed E-state index contributed by atoms with van der Waals surface area (Å²) in [5.41, 5.74) is 3.73. The van der Waals surface area contributed by atoms with Crippen molar-refractivity contribution in [3.05, 3.63) is 107 Å². The monoisotopic (exact) mass is 411 g/mol. The number of amides is 1. The third-order valence-electron chi connectivity index (χ3n) is 6.04. The second-order valence-electron chi connectivity index (χ2n) is 7.88. The summed E-state index contributed by atoms with van der Waals surface area (Å²) < 4.78 is 19.6. The van der Waals surface area contributed by atoms with E-state index in [0.29, 0.717) is 17.7 Å². The van der Waals surface area contributed by atoms with E-state index in [1.54, 1.807) is 23.1 Å². The Morgan fingerprint density at radius 3 is 2.48 bits per heavy atom. The topological polar surface area (TPSA) is 29.5 Å². The van der Waals surface area contributed by atoms with Crippen molar-refractivity contribution in [3.63, 3.8) is 0 Å². The number of fused-ring (bicyclic) bond motifs is 3. The van der Waals surface area contributed by atoms with Crippen molar-refractivity contribution in [2.24, 2.45) is 0 Å². The molecule has 0 saturated heterocycles. The van der Waals surface area contributed by atoms with Gasteiger partial charge in [-0.15, -0.1) is 0 Å². The molecule has 1 atom stereocenters. The summed E-state index contributed by atoms with van der Waals surface area (Å²) in [6, 6.07) is 26.8. The number of hydrogen-bond donors (Lipinski definition) is 0. The Morgan fingerprint density at radius 2 is 1.68 bits per heavy atom. The van der Waals surface area contributed by atoms with Gasteiger partial charge >= 0.3 is 0 Å². The SMILES string of the molecule is CN1C(=O)CC(c2ccc(OCc3ccccc3F)cc2)c2c1ccc1ccccc21. The summed E-state index contributed by atoms with van der Waals surface area (Å²) in [5.74, 6) is 0.481. The van der Waals surface area contributed by atoms with Crippen molar-refractivity contribution in [1.82, 2.24) is 0 Å². The minimum absolute atomic E-state index is 0.0228. The zero-order valence-electron chi connectivity index (χ0n) is 17.2. The van der Waals surface area contributed by atoms with Gasteiger partial charge in [0.1, 0.15) is 18.2 Å². The van der Waals surface area contributed by atoms with Crippen LogP contribution < -0.4 is 9.64 Å². The summed E-state index contributed by atoms with van der Waals surface area (Å²) in [5, 5.41) is 2.34. The molecule has 5 rings (SSSR count). The van der Waals surface area contributed by atoms with Crippen molar-refractivity contribution in [2.45, 2.75) is 18.9 Å². The lowest BCUT2D eigenvalue weighted by atomic mass is 9.81. The lowest BCUT2D eigenvalue weighted by Crippen LogP contribution is -2.33. The molecule has 4 aromatic rings. The van der Waals surface area contributed by atoms with Crippen LogP contribution in [-0.4, -0.2) is 13.0 Å². The fraction of sp³-hybridized carbons (Fsp3) is 0.148. The third kappa shape index (κ3) is 3.55. The highest BCUT2D eigenvalue weighted by Gasteiger charge is 2.31. The van der Waals surface area contributed by atoms with Gasteiger partial charge in [-0.25, -0.2) is 4.39 Å². The molecule has 0 bridgehead atoms. The maximum atomic E-state index is 13.8. The van der Waals surface area contributed by atoms with Crippen LogP contribution in [0.5, 0.6) is 5.75 Å². The van der Waals surface area contributed by atoms with Gasteiger partial charge in [0.05, 0.1) is 0 Å². The van der Waals surface area contributed by atoms with Crippen LogP contribution in [0.4, 0.5) is 10.1 Å². The molecule has 0 radical (unpaired) electrons. The quantitative estimate of drug-likeness (QED) is 0.409. The van der Waals surface area contributed by atoms with E-state index in [2.05, 4.69) is 18.2 Å². The van der Waals surface area contributed by atoms with Gasteiger partial charge in [-0.05, 0) is 46.2 Å². The number of nitrogens with zero attached hydrogens (tertiary/aromatic N) is 1. The molecular weight excluding hydrogens is 389 g/mol. The second kappa shape index (κ2) is 7.88. The lowest BCUT2D eigenvalue weighted by molar-refractivity contribution is -0.118. The minimum atomic E-state index is -0.271. The molecule has 31 heavy (non-hydrogen) atoms. The van der Waals surface area contributed by atoms with Crippen LogP contribution >= 0.6 is 0 Å². The average molecular weight is 411 g/mol. The molecular formula is C27H22FNO2. The van der Waals surface area contributed by atoms with E-state index in [1.165, 1.54) is 22.4 Å². The number of carbonyl (C=O) groups is 1. The van der Waals surface area contributed by atoms with Crippen molar-refractivity contribution < 1.29 is 13.9 Å². The van der Waals surface area contributed by atoms with Gasteiger partial charge in [0, 0.05) is 30.6 Å². The first-order valence-corrected chi connectivity index (χ1v) is 10.4. The Kier molecular flexibility index (Phi) is 4.91.